The van der Waals surface area contributed by atoms with Crippen molar-refractivity contribution in [1.82, 2.24) is 10.3 Å². The van der Waals surface area contributed by atoms with Crippen molar-refractivity contribution < 1.29 is 9.53 Å². The summed E-state index contributed by atoms with van der Waals surface area (Å²) < 4.78 is 4.64. The monoisotopic (exact) mass is 249 g/mol. The van der Waals surface area contributed by atoms with Gasteiger partial charge in [-0.2, -0.15) is 0 Å². The van der Waals surface area contributed by atoms with Crippen molar-refractivity contribution in [2.75, 3.05) is 25.5 Å². The zero-order valence-electron chi connectivity index (χ0n) is 10.6. The van der Waals surface area contributed by atoms with Crippen molar-refractivity contribution in [1.29, 1.82) is 0 Å². The second-order valence-corrected chi connectivity index (χ2v) is 4.43. The minimum atomic E-state index is -0.406. The van der Waals surface area contributed by atoms with Crippen molar-refractivity contribution in [3.05, 3.63) is 24.0 Å². The van der Waals surface area contributed by atoms with Gasteiger partial charge in [-0.15, -0.1) is 0 Å². The minimum absolute atomic E-state index is 0.335. The van der Waals surface area contributed by atoms with E-state index in [4.69, 9.17) is 0 Å². The molecule has 0 amide bonds. The third-order valence-electron chi connectivity index (χ3n) is 3.14. The molecule has 0 radical (unpaired) electrons. The highest BCUT2D eigenvalue weighted by Gasteiger charge is 2.13. The number of carbonyl (C=O) groups is 1. The van der Waals surface area contributed by atoms with E-state index in [1.54, 1.807) is 12.3 Å². The summed E-state index contributed by atoms with van der Waals surface area (Å²) in [4.78, 5) is 15.3. The Hall–Kier alpha value is -1.62. The molecule has 5 nitrogen and oxygen atoms in total. The molecule has 0 bridgehead atoms. The van der Waals surface area contributed by atoms with Gasteiger partial charge in [0.1, 0.15) is 5.69 Å². The van der Waals surface area contributed by atoms with Gasteiger partial charge < -0.3 is 15.4 Å². The molecule has 0 aromatic carbocycles. The standard InChI is InChI=1S/C13H19N3O2/c1-18-13(17)12-9-11(5-8-16-12)15-7-4-10-3-2-6-14-10/h5,8-10,14H,2-4,6-7H2,1H3,(H,15,16)/t10-/m1/s1. The maximum absolute atomic E-state index is 11.3. The van der Waals surface area contributed by atoms with E-state index in [1.807, 2.05) is 6.07 Å². The van der Waals surface area contributed by atoms with E-state index in [1.165, 1.54) is 20.0 Å². The molecule has 1 saturated heterocycles. The molecule has 1 aliphatic rings. The highest BCUT2D eigenvalue weighted by molar-refractivity contribution is 5.88. The third kappa shape index (κ3) is 3.43. The van der Waals surface area contributed by atoms with Gasteiger partial charge in [-0.1, -0.05) is 0 Å². The first-order chi connectivity index (χ1) is 8.79. The summed E-state index contributed by atoms with van der Waals surface area (Å²) >= 11 is 0. The largest absolute Gasteiger partial charge is 0.464 e. The fraction of sp³-hybridized carbons (Fsp3) is 0.538. The Balaban J connectivity index is 1.83. The van der Waals surface area contributed by atoms with E-state index in [-0.39, 0.29) is 0 Å². The number of ether oxygens (including phenoxy) is 1. The van der Waals surface area contributed by atoms with Gasteiger partial charge in [-0.3, -0.25) is 0 Å². The van der Waals surface area contributed by atoms with Crippen molar-refractivity contribution in [2.24, 2.45) is 0 Å². The summed E-state index contributed by atoms with van der Waals surface area (Å²) in [5.41, 5.74) is 1.24. The molecular weight excluding hydrogens is 230 g/mol. The topological polar surface area (TPSA) is 63.2 Å². The van der Waals surface area contributed by atoms with Crippen LogP contribution in [0.5, 0.6) is 0 Å². The Kier molecular flexibility index (Phi) is 4.52. The molecule has 0 spiro atoms. The van der Waals surface area contributed by atoms with E-state index in [0.717, 1.165) is 25.2 Å². The number of hydrogen-bond donors (Lipinski definition) is 2. The maximum atomic E-state index is 11.3. The smallest absolute Gasteiger partial charge is 0.356 e. The first kappa shape index (κ1) is 12.8. The van der Waals surface area contributed by atoms with Crippen LogP contribution in [0.3, 0.4) is 0 Å². The Morgan fingerprint density at radius 1 is 1.67 bits per heavy atom. The lowest BCUT2D eigenvalue weighted by Gasteiger charge is -2.11. The maximum Gasteiger partial charge on any atom is 0.356 e. The molecule has 1 atom stereocenters. The molecule has 0 unspecified atom stereocenters. The Morgan fingerprint density at radius 3 is 3.28 bits per heavy atom. The molecule has 0 aliphatic carbocycles. The van der Waals surface area contributed by atoms with Gasteiger partial charge in [-0.05, 0) is 37.9 Å². The van der Waals surface area contributed by atoms with Crippen LogP contribution < -0.4 is 10.6 Å². The predicted molar refractivity (Wildman–Crippen MR) is 69.7 cm³/mol. The number of carbonyl (C=O) groups excluding carboxylic acids is 1. The van der Waals surface area contributed by atoms with E-state index in [0.29, 0.717) is 11.7 Å². The summed E-state index contributed by atoms with van der Waals surface area (Å²) in [6.07, 6.45) is 5.23. The number of pyridine rings is 1. The number of rotatable bonds is 5. The van der Waals surface area contributed by atoms with Gasteiger partial charge in [0.15, 0.2) is 0 Å². The molecule has 0 saturated carbocycles. The Bertz CT molecular complexity index is 403. The van der Waals surface area contributed by atoms with Crippen LogP contribution in [-0.4, -0.2) is 37.2 Å². The molecular formula is C13H19N3O2. The van der Waals surface area contributed by atoms with Crippen LogP contribution in [0, 0.1) is 0 Å². The normalized spacial score (nSPS) is 18.6. The summed E-state index contributed by atoms with van der Waals surface area (Å²) in [5, 5.41) is 6.76. The minimum Gasteiger partial charge on any atom is -0.464 e. The Morgan fingerprint density at radius 2 is 2.56 bits per heavy atom. The molecule has 5 heteroatoms. The number of methoxy groups -OCH3 is 1. The molecule has 1 aromatic rings. The number of nitrogens with one attached hydrogen (secondary N) is 2. The van der Waals surface area contributed by atoms with Crippen molar-refractivity contribution in [3.8, 4) is 0 Å². The number of esters is 1. The van der Waals surface area contributed by atoms with Crippen LogP contribution in [0.2, 0.25) is 0 Å². The Labute approximate surface area is 107 Å². The van der Waals surface area contributed by atoms with Crippen molar-refractivity contribution >= 4 is 11.7 Å². The van der Waals surface area contributed by atoms with Crippen molar-refractivity contribution in [2.45, 2.75) is 25.3 Å². The zero-order valence-corrected chi connectivity index (χ0v) is 10.6. The molecule has 2 heterocycles. The average molecular weight is 249 g/mol. The second-order valence-electron chi connectivity index (χ2n) is 4.43. The first-order valence-corrected chi connectivity index (χ1v) is 6.31. The van der Waals surface area contributed by atoms with Crippen LogP contribution in [0.1, 0.15) is 29.8 Å². The van der Waals surface area contributed by atoms with Gasteiger partial charge in [0.25, 0.3) is 0 Å². The van der Waals surface area contributed by atoms with Gasteiger partial charge in [0.05, 0.1) is 7.11 Å². The first-order valence-electron chi connectivity index (χ1n) is 6.31. The summed E-state index contributed by atoms with van der Waals surface area (Å²) in [6, 6.07) is 4.20. The number of aromatic nitrogens is 1. The molecule has 2 rings (SSSR count). The van der Waals surface area contributed by atoms with Crippen molar-refractivity contribution in [3.63, 3.8) is 0 Å². The lowest BCUT2D eigenvalue weighted by molar-refractivity contribution is 0.0594. The highest BCUT2D eigenvalue weighted by Crippen LogP contribution is 2.11. The number of anilines is 1. The van der Waals surface area contributed by atoms with Crippen LogP contribution >= 0.6 is 0 Å². The van der Waals surface area contributed by atoms with Crippen LogP contribution in [0.15, 0.2) is 18.3 Å². The van der Waals surface area contributed by atoms with Crippen LogP contribution in [0.25, 0.3) is 0 Å². The third-order valence-corrected chi connectivity index (χ3v) is 3.14. The summed E-state index contributed by atoms with van der Waals surface area (Å²) in [7, 11) is 1.36. The zero-order chi connectivity index (χ0) is 12.8. The van der Waals surface area contributed by atoms with E-state index < -0.39 is 5.97 Å². The molecule has 1 aromatic heterocycles. The number of hydrogen-bond acceptors (Lipinski definition) is 5. The van der Waals surface area contributed by atoms with Gasteiger partial charge in [0.2, 0.25) is 0 Å². The van der Waals surface area contributed by atoms with Crippen LogP contribution in [0.4, 0.5) is 5.69 Å². The lowest BCUT2D eigenvalue weighted by atomic mass is 10.1. The molecule has 18 heavy (non-hydrogen) atoms. The molecule has 98 valence electrons. The molecule has 2 N–H and O–H groups in total. The van der Waals surface area contributed by atoms with Gasteiger partial charge in [0, 0.05) is 24.5 Å². The SMILES string of the molecule is COC(=O)c1cc(NCC[C@H]2CCCN2)ccn1. The second kappa shape index (κ2) is 6.35. The predicted octanol–water partition coefficient (Wildman–Crippen LogP) is 1.42. The molecule has 1 fully saturated rings. The quantitative estimate of drug-likeness (QED) is 0.773. The highest BCUT2D eigenvalue weighted by atomic mass is 16.5. The average Bonchev–Trinajstić information content (AvgIpc) is 2.91. The molecule has 1 aliphatic heterocycles. The van der Waals surface area contributed by atoms with E-state index in [9.17, 15) is 4.79 Å². The summed E-state index contributed by atoms with van der Waals surface area (Å²) in [6.45, 7) is 2.02. The fourth-order valence-electron chi connectivity index (χ4n) is 2.15. The van der Waals surface area contributed by atoms with Gasteiger partial charge >= 0.3 is 5.97 Å². The fourth-order valence-corrected chi connectivity index (χ4v) is 2.15. The van der Waals surface area contributed by atoms with Gasteiger partial charge in [-0.25, -0.2) is 9.78 Å². The number of nitrogens with zero attached hydrogens (tertiary/aromatic N) is 1. The van der Waals surface area contributed by atoms with Crippen LogP contribution in [-0.2, 0) is 4.74 Å². The van der Waals surface area contributed by atoms with E-state index in [2.05, 4.69) is 20.4 Å². The lowest BCUT2D eigenvalue weighted by Crippen LogP contribution is -2.24. The summed E-state index contributed by atoms with van der Waals surface area (Å²) in [5.74, 6) is -0.406. The van der Waals surface area contributed by atoms with E-state index >= 15 is 0 Å².